The van der Waals surface area contributed by atoms with Crippen LogP contribution in [0.5, 0.6) is 0 Å². The number of aryl methyl sites for hydroxylation is 1. The fraction of sp³-hybridized carbons (Fsp3) is 0.286. The van der Waals surface area contributed by atoms with Crippen molar-refractivity contribution in [3.63, 3.8) is 0 Å². The van der Waals surface area contributed by atoms with Gasteiger partial charge in [-0.2, -0.15) is 0 Å². The van der Waals surface area contributed by atoms with Gasteiger partial charge in [0.05, 0.1) is 13.1 Å². The number of carbonyl (C=O) groups is 3. The predicted octanol–water partition coefficient (Wildman–Crippen LogP) is 3.02. The molecule has 2 amide bonds. The van der Waals surface area contributed by atoms with Crippen LogP contribution in [0.1, 0.15) is 28.4 Å². The zero-order chi connectivity index (χ0) is 20.0. The summed E-state index contributed by atoms with van der Waals surface area (Å²) in [7, 11) is 1.70. The van der Waals surface area contributed by atoms with Gasteiger partial charge in [-0.3, -0.25) is 19.3 Å². The lowest BCUT2D eigenvalue weighted by Gasteiger charge is -2.17. The average molecular weight is 367 g/mol. The normalized spacial score (nSPS) is 10.6. The fourth-order valence-electron chi connectivity index (χ4n) is 2.64. The second-order valence-electron chi connectivity index (χ2n) is 6.65. The van der Waals surface area contributed by atoms with Gasteiger partial charge in [0.2, 0.25) is 11.8 Å². The summed E-state index contributed by atoms with van der Waals surface area (Å²) in [5.74, 6) is -0.498. The Morgan fingerprint density at radius 1 is 0.926 bits per heavy atom. The van der Waals surface area contributed by atoms with Crippen molar-refractivity contribution in [2.24, 2.45) is 0 Å². The molecule has 2 aromatic carbocycles. The lowest BCUT2D eigenvalue weighted by Crippen LogP contribution is -2.36. The van der Waals surface area contributed by atoms with Crippen LogP contribution in [0.2, 0.25) is 0 Å². The number of carbonyl (C=O) groups excluding carboxylic acids is 3. The molecule has 0 unspecified atom stereocenters. The number of hydrogen-bond donors (Lipinski definition) is 2. The van der Waals surface area contributed by atoms with Gasteiger partial charge in [0.25, 0.3) is 0 Å². The van der Waals surface area contributed by atoms with Gasteiger partial charge >= 0.3 is 0 Å². The van der Waals surface area contributed by atoms with E-state index in [1.54, 1.807) is 36.2 Å². The number of hydrogen-bond acceptors (Lipinski definition) is 4. The molecule has 0 bridgehead atoms. The minimum atomic E-state index is -0.252. The number of ketones is 1. The van der Waals surface area contributed by atoms with E-state index in [4.69, 9.17) is 0 Å². The number of anilines is 2. The van der Waals surface area contributed by atoms with Crippen LogP contribution < -0.4 is 10.6 Å². The van der Waals surface area contributed by atoms with Gasteiger partial charge < -0.3 is 10.6 Å². The van der Waals surface area contributed by atoms with Crippen LogP contribution in [0.3, 0.4) is 0 Å². The van der Waals surface area contributed by atoms with Crippen molar-refractivity contribution in [3.8, 4) is 0 Å². The number of amides is 2. The quantitative estimate of drug-likeness (QED) is 0.738. The van der Waals surface area contributed by atoms with Crippen LogP contribution in [0.4, 0.5) is 11.4 Å². The molecule has 0 aromatic heterocycles. The van der Waals surface area contributed by atoms with Gasteiger partial charge in [0, 0.05) is 16.9 Å². The first-order chi connectivity index (χ1) is 12.8. The molecule has 0 spiro atoms. The summed E-state index contributed by atoms with van der Waals surface area (Å²) in [6, 6.07) is 12.5. The maximum Gasteiger partial charge on any atom is 0.238 e. The minimum Gasteiger partial charge on any atom is -0.325 e. The Balaban J connectivity index is 1.87. The Labute approximate surface area is 159 Å². The van der Waals surface area contributed by atoms with E-state index in [1.807, 2.05) is 32.0 Å². The summed E-state index contributed by atoms with van der Waals surface area (Å²) in [6.45, 7) is 5.57. The molecular weight excluding hydrogens is 342 g/mol. The molecule has 142 valence electrons. The van der Waals surface area contributed by atoms with Crippen LogP contribution in [0, 0.1) is 13.8 Å². The lowest BCUT2D eigenvalue weighted by molar-refractivity contribution is -0.119. The number of benzene rings is 2. The maximum atomic E-state index is 12.2. The third-order valence-corrected chi connectivity index (χ3v) is 4.26. The summed E-state index contributed by atoms with van der Waals surface area (Å²) in [6.07, 6.45) is 0. The summed E-state index contributed by atoms with van der Waals surface area (Å²) in [5, 5.41) is 5.62. The Bertz CT molecular complexity index is 862. The molecule has 0 aliphatic heterocycles. The van der Waals surface area contributed by atoms with E-state index in [0.29, 0.717) is 11.3 Å². The molecule has 2 rings (SSSR count). The van der Waals surface area contributed by atoms with Gasteiger partial charge in [-0.25, -0.2) is 0 Å². The third kappa shape index (κ3) is 6.04. The monoisotopic (exact) mass is 367 g/mol. The van der Waals surface area contributed by atoms with Gasteiger partial charge in [0.15, 0.2) is 5.78 Å². The Morgan fingerprint density at radius 2 is 1.56 bits per heavy atom. The number of nitrogens with zero attached hydrogens (tertiary/aromatic N) is 1. The molecular formula is C21H25N3O3. The van der Waals surface area contributed by atoms with E-state index in [9.17, 15) is 14.4 Å². The van der Waals surface area contributed by atoms with Crippen LogP contribution >= 0.6 is 0 Å². The maximum absolute atomic E-state index is 12.2. The molecule has 0 atom stereocenters. The zero-order valence-corrected chi connectivity index (χ0v) is 16.1. The van der Waals surface area contributed by atoms with Crippen LogP contribution in [0.15, 0.2) is 42.5 Å². The van der Waals surface area contributed by atoms with E-state index >= 15 is 0 Å². The molecule has 6 heteroatoms. The lowest BCUT2D eigenvalue weighted by atomic mass is 10.1. The van der Waals surface area contributed by atoms with Gasteiger partial charge in [-0.15, -0.1) is 0 Å². The van der Waals surface area contributed by atoms with Crippen molar-refractivity contribution in [1.82, 2.24) is 4.90 Å². The molecule has 27 heavy (non-hydrogen) atoms. The number of likely N-dealkylation sites (N-methyl/N-ethyl adjacent to an activating group) is 1. The summed E-state index contributed by atoms with van der Waals surface area (Å²) < 4.78 is 0. The first-order valence-electron chi connectivity index (χ1n) is 8.71. The Kier molecular flexibility index (Phi) is 6.85. The molecule has 0 fully saturated rings. The van der Waals surface area contributed by atoms with Crippen molar-refractivity contribution in [2.45, 2.75) is 20.8 Å². The van der Waals surface area contributed by atoms with Crippen molar-refractivity contribution >= 4 is 29.0 Å². The largest absolute Gasteiger partial charge is 0.325 e. The molecule has 2 aromatic rings. The number of rotatable bonds is 7. The molecule has 0 saturated carbocycles. The third-order valence-electron chi connectivity index (χ3n) is 4.26. The highest BCUT2D eigenvalue weighted by atomic mass is 16.2. The van der Waals surface area contributed by atoms with Crippen molar-refractivity contribution in [3.05, 3.63) is 59.2 Å². The second-order valence-corrected chi connectivity index (χ2v) is 6.65. The van der Waals surface area contributed by atoms with Crippen molar-refractivity contribution in [1.29, 1.82) is 0 Å². The molecule has 2 N–H and O–H groups in total. The highest BCUT2D eigenvalue weighted by Gasteiger charge is 2.12. The zero-order valence-electron chi connectivity index (χ0n) is 16.1. The van der Waals surface area contributed by atoms with E-state index < -0.39 is 0 Å². The van der Waals surface area contributed by atoms with E-state index in [2.05, 4.69) is 10.6 Å². The Hall–Kier alpha value is -2.99. The summed E-state index contributed by atoms with van der Waals surface area (Å²) in [5.41, 5.74) is 4.00. The standard InChI is InChI=1S/C21H25N3O3/c1-14-7-5-10-19(15(14)2)23-21(27)13-24(4)12-20(26)22-18-9-6-8-17(11-18)16(3)25/h5-11H,12-13H2,1-4H3,(H,22,26)(H,23,27). The van der Waals surface area contributed by atoms with E-state index in [0.717, 1.165) is 16.8 Å². The highest BCUT2D eigenvalue weighted by Crippen LogP contribution is 2.17. The summed E-state index contributed by atoms with van der Waals surface area (Å²) >= 11 is 0. The summed E-state index contributed by atoms with van der Waals surface area (Å²) in [4.78, 5) is 37.4. The molecule has 0 saturated heterocycles. The molecule has 0 aliphatic rings. The van der Waals surface area contributed by atoms with Crippen LogP contribution in [0.25, 0.3) is 0 Å². The van der Waals surface area contributed by atoms with Crippen LogP contribution in [-0.4, -0.2) is 42.6 Å². The van der Waals surface area contributed by atoms with Crippen LogP contribution in [-0.2, 0) is 9.59 Å². The molecule has 0 radical (unpaired) electrons. The predicted molar refractivity (Wildman–Crippen MR) is 107 cm³/mol. The molecule has 0 heterocycles. The molecule has 0 aliphatic carbocycles. The number of Topliss-reactive ketones (excluding diaryl/α,β-unsaturated/α-hetero) is 1. The van der Waals surface area contributed by atoms with Gasteiger partial charge in [-0.1, -0.05) is 24.3 Å². The Morgan fingerprint density at radius 3 is 2.22 bits per heavy atom. The first-order valence-corrected chi connectivity index (χ1v) is 8.71. The fourth-order valence-corrected chi connectivity index (χ4v) is 2.64. The first kappa shape index (κ1) is 20.3. The van der Waals surface area contributed by atoms with Gasteiger partial charge in [-0.05, 0) is 57.1 Å². The van der Waals surface area contributed by atoms with E-state index in [1.165, 1.54) is 6.92 Å². The van der Waals surface area contributed by atoms with Crippen molar-refractivity contribution < 1.29 is 14.4 Å². The minimum absolute atomic E-state index is 0.0600. The van der Waals surface area contributed by atoms with E-state index in [-0.39, 0.29) is 30.7 Å². The SMILES string of the molecule is CC(=O)c1cccc(NC(=O)CN(C)CC(=O)Nc2cccc(C)c2C)c1. The number of nitrogens with one attached hydrogen (secondary N) is 2. The smallest absolute Gasteiger partial charge is 0.238 e. The highest BCUT2D eigenvalue weighted by molar-refractivity contribution is 5.98. The molecule has 6 nitrogen and oxygen atoms in total. The van der Waals surface area contributed by atoms with Crippen molar-refractivity contribution in [2.75, 3.05) is 30.8 Å². The topological polar surface area (TPSA) is 78.5 Å². The second kappa shape index (κ2) is 9.09. The van der Waals surface area contributed by atoms with Gasteiger partial charge in [0.1, 0.15) is 0 Å². The average Bonchev–Trinajstić information content (AvgIpc) is 2.58.